The molecule has 0 bridgehead atoms. The molecule has 1 fully saturated rings. The molecule has 2 aromatic rings. The van der Waals surface area contributed by atoms with Gasteiger partial charge >= 0.3 is 0 Å². The summed E-state index contributed by atoms with van der Waals surface area (Å²) >= 11 is 6.47. The van der Waals surface area contributed by atoms with Crippen LogP contribution >= 0.6 is 24.0 Å². The number of carbonyl (C=O) groups is 1. The molecule has 2 aromatic carbocycles. The van der Waals surface area contributed by atoms with E-state index in [0.717, 1.165) is 29.0 Å². The molecule has 1 amide bonds. The van der Waals surface area contributed by atoms with E-state index in [-0.39, 0.29) is 5.91 Å². The number of amides is 1. The summed E-state index contributed by atoms with van der Waals surface area (Å²) in [4.78, 5) is 14.2. The van der Waals surface area contributed by atoms with Gasteiger partial charge in [-0.25, -0.2) is 0 Å². The maximum absolute atomic E-state index is 12.1. The Morgan fingerprint density at radius 1 is 1.14 bits per heavy atom. The number of ether oxygens (including phenoxy) is 2. The molecule has 0 atom stereocenters. The van der Waals surface area contributed by atoms with Crippen LogP contribution in [-0.4, -0.2) is 35.4 Å². The van der Waals surface area contributed by atoms with Gasteiger partial charge in [0.15, 0.2) is 0 Å². The minimum Gasteiger partial charge on any atom is -0.490 e. The van der Waals surface area contributed by atoms with Gasteiger partial charge < -0.3 is 9.47 Å². The lowest BCUT2D eigenvalue weighted by atomic mass is 10.1. The SMILES string of the molecule is C=CCc1ccccc1OCCOc1cccc(C=C2SC(=S)N(C)C2=O)c1. The molecule has 0 saturated carbocycles. The lowest BCUT2D eigenvalue weighted by Crippen LogP contribution is -2.22. The van der Waals surface area contributed by atoms with Crippen molar-refractivity contribution >= 4 is 40.3 Å². The second kappa shape index (κ2) is 9.57. The van der Waals surface area contributed by atoms with Crippen LogP contribution in [0.3, 0.4) is 0 Å². The first-order valence-electron chi connectivity index (χ1n) is 8.84. The number of likely N-dealkylation sites (N-methyl/N-ethyl adjacent to an activating group) is 1. The molecule has 1 aliphatic rings. The first-order chi connectivity index (χ1) is 13.6. The zero-order valence-electron chi connectivity index (χ0n) is 15.6. The Bertz CT molecular complexity index is 924. The molecule has 1 saturated heterocycles. The standard InChI is InChI=1S/C22H21NO3S2/c1-3-7-17-9-4-5-11-19(17)26-13-12-25-18-10-6-8-16(14-18)15-20-21(24)23(2)22(27)28-20/h3-6,8-11,14-15H,1,7,12-13H2,2H3. The Labute approximate surface area is 174 Å². The third-order valence-electron chi connectivity index (χ3n) is 4.09. The van der Waals surface area contributed by atoms with E-state index in [0.29, 0.717) is 22.4 Å². The lowest BCUT2D eigenvalue weighted by Gasteiger charge is -2.11. The molecule has 0 aromatic heterocycles. The van der Waals surface area contributed by atoms with Crippen molar-refractivity contribution in [2.75, 3.05) is 20.3 Å². The Morgan fingerprint density at radius 3 is 2.68 bits per heavy atom. The summed E-state index contributed by atoms with van der Waals surface area (Å²) in [5, 5.41) is 0. The second-order valence-corrected chi connectivity index (χ2v) is 7.79. The van der Waals surface area contributed by atoms with Crippen LogP contribution in [0, 0.1) is 0 Å². The van der Waals surface area contributed by atoms with Crippen LogP contribution in [0.1, 0.15) is 11.1 Å². The van der Waals surface area contributed by atoms with E-state index in [2.05, 4.69) is 6.58 Å². The number of hydrogen-bond acceptors (Lipinski definition) is 5. The Balaban J connectivity index is 1.56. The quantitative estimate of drug-likeness (QED) is 0.272. The van der Waals surface area contributed by atoms with Crippen LogP contribution in [0.25, 0.3) is 6.08 Å². The van der Waals surface area contributed by atoms with Gasteiger partial charge in [-0.2, -0.15) is 0 Å². The van der Waals surface area contributed by atoms with Crippen LogP contribution in [0.2, 0.25) is 0 Å². The summed E-state index contributed by atoms with van der Waals surface area (Å²) in [7, 11) is 1.69. The fraction of sp³-hybridized carbons (Fsp3) is 0.182. The number of nitrogens with zero attached hydrogens (tertiary/aromatic N) is 1. The van der Waals surface area contributed by atoms with Crippen molar-refractivity contribution in [1.29, 1.82) is 0 Å². The zero-order valence-corrected chi connectivity index (χ0v) is 17.2. The van der Waals surface area contributed by atoms with Gasteiger partial charge in [0.05, 0.1) is 4.91 Å². The highest BCUT2D eigenvalue weighted by atomic mass is 32.2. The van der Waals surface area contributed by atoms with Crippen molar-refractivity contribution in [1.82, 2.24) is 4.90 Å². The van der Waals surface area contributed by atoms with Crippen molar-refractivity contribution in [2.24, 2.45) is 0 Å². The highest BCUT2D eigenvalue weighted by Crippen LogP contribution is 2.31. The van der Waals surface area contributed by atoms with Gasteiger partial charge in [0.1, 0.15) is 29.0 Å². The molecule has 0 radical (unpaired) electrons. The maximum Gasteiger partial charge on any atom is 0.265 e. The Morgan fingerprint density at radius 2 is 1.93 bits per heavy atom. The predicted octanol–water partition coefficient (Wildman–Crippen LogP) is 4.70. The Hall–Kier alpha value is -2.57. The third-order valence-corrected chi connectivity index (χ3v) is 5.57. The fourth-order valence-corrected chi connectivity index (χ4v) is 3.85. The lowest BCUT2D eigenvalue weighted by molar-refractivity contribution is -0.121. The zero-order chi connectivity index (χ0) is 19.9. The number of para-hydroxylation sites is 1. The second-order valence-electron chi connectivity index (χ2n) is 6.11. The van der Waals surface area contributed by atoms with Crippen molar-refractivity contribution in [3.8, 4) is 11.5 Å². The molecule has 0 spiro atoms. The topological polar surface area (TPSA) is 38.8 Å². The summed E-state index contributed by atoms with van der Waals surface area (Å²) in [5.74, 6) is 1.50. The van der Waals surface area contributed by atoms with E-state index in [1.54, 1.807) is 7.05 Å². The number of hydrogen-bond donors (Lipinski definition) is 0. The maximum atomic E-state index is 12.1. The van der Waals surface area contributed by atoms with Crippen molar-refractivity contribution < 1.29 is 14.3 Å². The minimum atomic E-state index is -0.0760. The predicted molar refractivity (Wildman–Crippen MR) is 119 cm³/mol. The highest BCUT2D eigenvalue weighted by Gasteiger charge is 2.28. The molecule has 144 valence electrons. The van der Waals surface area contributed by atoms with Crippen molar-refractivity contribution in [2.45, 2.75) is 6.42 Å². The summed E-state index contributed by atoms with van der Waals surface area (Å²) < 4.78 is 12.2. The first kappa shape index (κ1) is 20.2. The van der Waals surface area contributed by atoms with Gasteiger partial charge in [0.2, 0.25) is 0 Å². The van der Waals surface area contributed by atoms with Gasteiger partial charge in [-0.1, -0.05) is 60.4 Å². The largest absolute Gasteiger partial charge is 0.490 e. The number of rotatable bonds is 8. The molecule has 1 aliphatic heterocycles. The van der Waals surface area contributed by atoms with Crippen molar-refractivity contribution in [3.63, 3.8) is 0 Å². The summed E-state index contributed by atoms with van der Waals surface area (Å²) in [6.07, 6.45) is 4.46. The number of benzene rings is 2. The van der Waals surface area contributed by atoms with Gasteiger partial charge in [-0.15, -0.1) is 6.58 Å². The summed E-state index contributed by atoms with van der Waals surface area (Å²) in [6, 6.07) is 15.5. The van der Waals surface area contributed by atoms with E-state index in [9.17, 15) is 4.79 Å². The summed E-state index contributed by atoms with van der Waals surface area (Å²) in [6.45, 7) is 4.63. The first-order valence-corrected chi connectivity index (χ1v) is 10.1. The molecule has 0 aliphatic carbocycles. The van der Waals surface area contributed by atoms with Crippen LogP contribution in [0.5, 0.6) is 11.5 Å². The van der Waals surface area contributed by atoms with Gasteiger partial charge in [0.25, 0.3) is 5.91 Å². The molecule has 28 heavy (non-hydrogen) atoms. The molecule has 6 heteroatoms. The van der Waals surface area contributed by atoms with Crippen molar-refractivity contribution in [3.05, 3.63) is 77.2 Å². The van der Waals surface area contributed by atoms with Gasteiger partial charge in [0, 0.05) is 7.05 Å². The third kappa shape index (κ3) is 5.03. The van der Waals surface area contributed by atoms with E-state index in [4.69, 9.17) is 21.7 Å². The Kier molecular flexibility index (Phi) is 6.90. The highest BCUT2D eigenvalue weighted by molar-refractivity contribution is 8.26. The molecule has 4 nitrogen and oxygen atoms in total. The molecule has 1 heterocycles. The average molecular weight is 412 g/mol. The van der Waals surface area contributed by atoms with Crippen LogP contribution in [0.15, 0.2) is 66.1 Å². The van der Waals surface area contributed by atoms with E-state index in [1.807, 2.05) is 60.7 Å². The number of thiocarbonyl (C=S) groups is 1. The molecule has 3 rings (SSSR count). The van der Waals surface area contributed by atoms with Crippen LogP contribution < -0.4 is 9.47 Å². The number of thioether (sulfide) groups is 1. The smallest absolute Gasteiger partial charge is 0.265 e. The van der Waals surface area contributed by atoms with Gasteiger partial charge in [-0.05, 0) is 41.8 Å². The van der Waals surface area contributed by atoms with E-state index in [1.165, 1.54) is 16.7 Å². The van der Waals surface area contributed by atoms with E-state index >= 15 is 0 Å². The van der Waals surface area contributed by atoms with Crippen LogP contribution in [-0.2, 0) is 11.2 Å². The minimum absolute atomic E-state index is 0.0760. The average Bonchev–Trinajstić information content (AvgIpc) is 2.94. The molecule has 0 unspecified atom stereocenters. The van der Waals surface area contributed by atoms with Crippen LogP contribution in [0.4, 0.5) is 0 Å². The number of allylic oxidation sites excluding steroid dienone is 1. The van der Waals surface area contributed by atoms with E-state index < -0.39 is 0 Å². The normalized spacial score (nSPS) is 15.2. The number of carbonyl (C=O) groups excluding carboxylic acids is 1. The fourth-order valence-electron chi connectivity index (χ4n) is 2.67. The monoisotopic (exact) mass is 411 g/mol. The molecule has 0 N–H and O–H groups in total. The molecular formula is C22H21NO3S2. The molecular weight excluding hydrogens is 390 g/mol. The van der Waals surface area contributed by atoms with Gasteiger partial charge in [-0.3, -0.25) is 9.69 Å². The summed E-state index contributed by atoms with van der Waals surface area (Å²) in [5.41, 5.74) is 2.00.